The number of hydrogen-bond acceptors (Lipinski definition) is 3. The third-order valence-electron chi connectivity index (χ3n) is 3.76. The molecule has 3 aromatic rings. The molecule has 0 saturated carbocycles. The fourth-order valence-electron chi connectivity index (χ4n) is 2.39. The molecule has 3 rings (SSSR count). The molecule has 25 heavy (non-hydrogen) atoms. The van der Waals surface area contributed by atoms with Crippen LogP contribution in [0.3, 0.4) is 0 Å². The second-order valence-corrected chi connectivity index (χ2v) is 6.51. The van der Waals surface area contributed by atoms with E-state index in [0.717, 1.165) is 15.7 Å². The minimum absolute atomic E-state index is 0.0148. The maximum Gasteiger partial charge on any atom is 0.258 e. The SMILES string of the molecule is CC(NC(=O)COc1ccc(Br)cc1)c1ccc(-n2ccnc2)cc1. The number of benzene rings is 2. The molecule has 0 aliphatic rings. The molecule has 1 aromatic heterocycles. The molecular weight excluding hydrogens is 382 g/mol. The molecule has 0 bridgehead atoms. The highest BCUT2D eigenvalue weighted by Crippen LogP contribution is 2.17. The Kier molecular flexibility index (Phi) is 5.50. The number of aromatic nitrogens is 2. The van der Waals surface area contributed by atoms with Crippen molar-refractivity contribution in [3.63, 3.8) is 0 Å². The van der Waals surface area contributed by atoms with Gasteiger partial charge in [-0.25, -0.2) is 4.98 Å². The van der Waals surface area contributed by atoms with E-state index < -0.39 is 0 Å². The van der Waals surface area contributed by atoms with Gasteiger partial charge in [0, 0.05) is 22.6 Å². The monoisotopic (exact) mass is 399 g/mol. The standard InChI is InChI=1S/C19H18BrN3O2/c1-14(15-2-6-17(7-3-15)23-11-10-21-13-23)22-19(24)12-25-18-8-4-16(20)5-9-18/h2-11,13-14H,12H2,1H3,(H,22,24). The van der Waals surface area contributed by atoms with Crippen molar-refractivity contribution in [2.24, 2.45) is 0 Å². The van der Waals surface area contributed by atoms with E-state index in [4.69, 9.17) is 4.74 Å². The van der Waals surface area contributed by atoms with Crippen molar-refractivity contribution in [2.45, 2.75) is 13.0 Å². The van der Waals surface area contributed by atoms with E-state index in [0.29, 0.717) is 5.75 Å². The number of ether oxygens (including phenoxy) is 1. The first-order chi connectivity index (χ1) is 12.1. The van der Waals surface area contributed by atoms with Gasteiger partial charge in [0.25, 0.3) is 5.91 Å². The van der Waals surface area contributed by atoms with Crippen LogP contribution < -0.4 is 10.1 Å². The molecule has 0 aliphatic heterocycles. The summed E-state index contributed by atoms with van der Waals surface area (Å²) in [5, 5.41) is 2.94. The topological polar surface area (TPSA) is 56.1 Å². The highest BCUT2D eigenvalue weighted by Gasteiger charge is 2.10. The summed E-state index contributed by atoms with van der Waals surface area (Å²) < 4.78 is 8.38. The van der Waals surface area contributed by atoms with Gasteiger partial charge in [-0.3, -0.25) is 4.79 Å². The number of hydrogen-bond donors (Lipinski definition) is 1. The van der Waals surface area contributed by atoms with E-state index in [1.54, 1.807) is 12.5 Å². The number of carbonyl (C=O) groups excluding carboxylic acids is 1. The van der Waals surface area contributed by atoms with Crippen molar-refractivity contribution >= 4 is 21.8 Å². The zero-order chi connectivity index (χ0) is 17.6. The lowest BCUT2D eigenvalue weighted by molar-refractivity contribution is -0.123. The molecule has 1 heterocycles. The van der Waals surface area contributed by atoms with Crippen LogP contribution in [0, 0.1) is 0 Å². The molecule has 1 N–H and O–H groups in total. The molecule has 0 saturated heterocycles. The maximum atomic E-state index is 12.1. The zero-order valence-corrected chi connectivity index (χ0v) is 15.3. The van der Waals surface area contributed by atoms with Gasteiger partial charge in [0.15, 0.2) is 6.61 Å². The number of nitrogens with zero attached hydrogens (tertiary/aromatic N) is 2. The Hall–Kier alpha value is -2.60. The lowest BCUT2D eigenvalue weighted by atomic mass is 10.1. The molecule has 5 nitrogen and oxygen atoms in total. The van der Waals surface area contributed by atoms with Crippen molar-refractivity contribution in [1.29, 1.82) is 0 Å². The summed E-state index contributed by atoms with van der Waals surface area (Å²) in [6.45, 7) is 1.93. The van der Waals surface area contributed by atoms with Crippen LogP contribution in [0.1, 0.15) is 18.5 Å². The molecule has 0 fully saturated rings. The second-order valence-electron chi connectivity index (χ2n) is 5.59. The van der Waals surface area contributed by atoms with Crippen LogP contribution in [0.4, 0.5) is 0 Å². The number of carbonyl (C=O) groups is 1. The number of rotatable bonds is 6. The van der Waals surface area contributed by atoms with Crippen LogP contribution in [-0.4, -0.2) is 22.1 Å². The molecule has 0 aliphatic carbocycles. The smallest absolute Gasteiger partial charge is 0.258 e. The average Bonchev–Trinajstić information content (AvgIpc) is 3.16. The highest BCUT2D eigenvalue weighted by atomic mass is 79.9. The minimum Gasteiger partial charge on any atom is -0.484 e. The van der Waals surface area contributed by atoms with Crippen LogP contribution in [0.25, 0.3) is 5.69 Å². The van der Waals surface area contributed by atoms with Gasteiger partial charge in [-0.2, -0.15) is 0 Å². The molecule has 1 unspecified atom stereocenters. The normalized spacial score (nSPS) is 11.8. The minimum atomic E-state index is -0.158. The van der Waals surface area contributed by atoms with Gasteiger partial charge in [0.2, 0.25) is 0 Å². The molecule has 6 heteroatoms. The van der Waals surface area contributed by atoms with Gasteiger partial charge in [-0.05, 0) is 48.9 Å². The largest absolute Gasteiger partial charge is 0.484 e. The van der Waals surface area contributed by atoms with Crippen molar-refractivity contribution in [3.8, 4) is 11.4 Å². The van der Waals surface area contributed by atoms with E-state index >= 15 is 0 Å². The van der Waals surface area contributed by atoms with Gasteiger partial charge in [0.1, 0.15) is 5.75 Å². The Labute approximate surface area is 154 Å². The summed E-state index contributed by atoms with van der Waals surface area (Å²) in [4.78, 5) is 16.1. The number of imidazole rings is 1. The predicted molar refractivity (Wildman–Crippen MR) is 99.8 cm³/mol. The second kappa shape index (κ2) is 7.98. The molecule has 128 valence electrons. The van der Waals surface area contributed by atoms with Crippen molar-refractivity contribution in [1.82, 2.24) is 14.9 Å². The Morgan fingerprint density at radius 1 is 1.20 bits per heavy atom. The Morgan fingerprint density at radius 2 is 1.92 bits per heavy atom. The zero-order valence-electron chi connectivity index (χ0n) is 13.7. The molecular formula is C19H18BrN3O2. The lowest BCUT2D eigenvalue weighted by Gasteiger charge is -2.15. The lowest BCUT2D eigenvalue weighted by Crippen LogP contribution is -2.31. The van der Waals surface area contributed by atoms with Crippen LogP contribution >= 0.6 is 15.9 Å². The van der Waals surface area contributed by atoms with E-state index in [1.807, 2.05) is 66.2 Å². The fraction of sp³-hybridized carbons (Fsp3) is 0.158. The summed E-state index contributed by atoms with van der Waals surface area (Å²) in [6.07, 6.45) is 5.38. The number of halogens is 1. The molecule has 1 amide bonds. The first-order valence-electron chi connectivity index (χ1n) is 7.88. The third-order valence-corrected chi connectivity index (χ3v) is 4.29. The van der Waals surface area contributed by atoms with Gasteiger partial charge >= 0.3 is 0 Å². The first kappa shape index (κ1) is 17.2. The van der Waals surface area contributed by atoms with Crippen molar-refractivity contribution < 1.29 is 9.53 Å². The average molecular weight is 400 g/mol. The van der Waals surface area contributed by atoms with E-state index in [-0.39, 0.29) is 18.6 Å². The first-order valence-corrected chi connectivity index (χ1v) is 8.67. The number of nitrogens with one attached hydrogen (secondary N) is 1. The molecule has 1 atom stereocenters. The van der Waals surface area contributed by atoms with Gasteiger partial charge in [-0.1, -0.05) is 28.1 Å². The van der Waals surface area contributed by atoms with E-state index in [1.165, 1.54) is 0 Å². The van der Waals surface area contributed by atoms with E-state index in [9.17, 15) is 4.79 Å². The Balaban J connectivity index is 1.53. The van der Waals surface area contributed by atoms with Gasteiger partial charge in [-0.15, -0.1) is 0 Å². The van der Waals surface area contributed by atoms with Crippen molar-refractivity contribution in [3.05, 3.63) is 77.3 Å². The number of amides is 1. The molecule has 2 aromatic carbocycles. The summed E-state index contributed by atoms with van der Waals surface area (Å²) >= 11 is 3.36. The quantitative estimate of drug-likeness (QED) is 0.683. The van der Waals surface area contributed by atoms with Crippen LogP contribution in [0.15, 0.2) is 71.7 Å². The van der Waals surface area contributed by atoms with Gasteiger partial charge in [0.05, 0.1) is 12.4 Å². The summed E-state index contributed by atoms with van der Waals surface area (Å²) in [5.41, 5.74) is 2.05. The van der Waals surface area contributed by atoms with Crippen LogP contribution in [-0.2, 0) is 4.79 Å². The van der Waals surface area contributed by atoms with Crippen LogP contribution in [0.5, 0.6) is 5.75 Å². The summed E-state index contributed by atoms with van der Waals surface area (Å²) in [7, 11) is 0. The Morgan fingerprint density at radius 3 is 2.56 bits per heavy atom. The van der Waals surface area contributed by atoms with E-state index in [2.05, 4.69) is 26.2 Å². The third kappa shape index (κ3) is 4.70. The summed E-state index contributed by atoms with van der Waals surface area (Å²) in [6, 6.07) is 15.3. The van der Waals surface area contributed by atoms with Gasteiger partial charge < -0.3 is 14.6 Å². The van der Waals surface area contributed by atoms with Crippen molar-refractivity contribution in [2.75, 3.05) is 6.61 Å². The maximum absolute atomic E-state index is 12.1. The molecule has 0 radical (unpaired) electrons. The Bertz CT molecular complexity index is 815. The summed E-state index contributed by atoms with van der Waals surface area (Å²) in [5.74, 6) is 0.504. The fourth-order valence-corrected chi connectivity index (χ4v) is 2.66. The highest BCUT2D eigenvalue weighted by molar-refractivity contribution is 9.10. The predicted octanol–water partition coefficient (Wildman–Crippen LogP) is 3.89. The van der Waals surface area contributed by atoms with Crippen LogP contribution in [0.2, 0.25) is 0 Å². The molecule has 0 spiro atoms.